The van der Waals surface area contributed by atoms with Gasteiger partial charge >= 0.3 is 5.97 Å². The summed E-state index contributed by atoms with van der Waals surface area (Å²) in [5, 5.41) is 2.44. The van der Waals surface area contributed by atoms with Gasteiger partial charge in [0.15, 0.2) is 6.04 Å². The molecule has 0 aromatic rings. The van der Waals surface area contributed by atoms with Gasteiger partial charge in [-0.15, -0.1) is 0 Å². The zero-order valence-corrected chi connectivity index (χ0v) is 6.72. The summed E-state index contributed by atoms with van der Waals surface area (Å²) in [4.78, 5) is 21.8. The van der Waals surface area contributed by atoms with Crippen LogP contribution < -0.4 is 5.32 Å². The number of hydrogen-bond donors (Lipinski definition) is 1. The van der Waals surface area contributed by atoms with Crippen molar-refractivity contribution in [2.75, 3.05) is 7.11 Å². The van der Waals surface area contributed by atoms with E-state index in [9.17, 15) is 9.59 Å². The van der Waals surface area contributed by atoms with Gasteiger partial charge in [0.25, 0.3) is 0 Å². The molecule has 1 rings (SSSR count). The molecule has 0 aromatic carbocycles. The Morgan fingerprint density at radius 2 is 2.50 bits per heavy atom. The average Bonchev–Trinajstić information content (AvgIpc) is 2.28. The van der Waals surface area contributed by atoms with Crippen LogP contribution in [0.25, 0.3) is 0 Å². The second-order valence-corrected chi connectivity index (χ2v) is 2.34. The standard InChI is InChI=1S/C8H9NO3/c1-12-8(11)6-4-2-3-5-7(10)9-6/h6H,3,5H2,1H3,(H,9,10)/t6-/m0/s1. The van der Waals surface area contributed by atoms with Crippen LogP contribution in [0.3, 0.4) is 0 Å². The lowest BCUT2D eigenvalue weighted by Crippen LogP contribution is -2.39. The fourth-order valence-corrected chi connectivity index (χ4v) is 0.855. The SMILES string of the molecule is COC(=O)[C@@H]1C#CCCC(=O)N1. The highest BCUT2D eigenvalue weighted by Crippen LogP contribution is 1.96. The summed E-state index contributed by atoms with van der Waals surface area (Å²) in [6.45, 7) is 0. The molecule has 0 saturated heterocycles. The Labute approximate surface area is 70.3 Å². The second-order valence-electron chi connectivity index (χ2n) is 2.34. The Bertz CT molecular complexity index is 261. The highest BCUT2D eigenvalue weighted by Gasteiger charge is 2.19. The van der Waals surface area contributed by atoms with Crippen molar-refractivity contribution >= 4 is 11.9 Å². The van der Waals surface area contributed by atoms with Gasteiger partial charge in [0.1, 0.15) is 0 Å². The summed E-state index contributed by atoms with van der Waals surface area (Å²) >= 11 is 0. The van der Waals surface area contributed by atoms with E-state index in [-0.39, 0.29) is 5.91 Å². The highest BCUT2D eigenvalue weighted by molar-refractivity contribution is 5.87. The van der Waals surface area contributed by atoms with E-state index in [0.29, 0.717) is 12.8 Å². The monoisotopic (exact) mass is 167 g/mol. The van der Waals surface area contributed by atoms with Crippen molar-refractivity contribution in [1.82, 2.24) is 5.32 Å². The van der Waals surface area contributed by atoms with Crippen molar-refractivity contribution < 1.29 is 14.3 Å². The maximum Gasteiger partial charge on any atom is 0.341 e. The Hall–Kier alpha value is -1.50. The lowest BCUT2D eigenvalue weighted by atomic mass is 10.3. The summed E-state index contributed by atoms with van der Waals surface area (Å²) in [6, 6.07) is -0.787. The summed E-state index contributed by atoms with van der Waals surface area (Å²) in [5.41, 5.74) is 0. The lowest BCUT2D eigenvalue weighted by molar-refractivity contribution is -0.143. The first-order chi connectivity index (χ1) is 5.74. The number of amides is 1. The minimum absolute atomic E-state index is 0.178. The largest absolute Gasteiger partial charge is 0.467 e. The van der Waals surface area contributed by atoms with Gasteiger partial charge in [-0.3, -0.25) is 4.79 Å². The fourth-order valence-electron chi connectivity index (χ4n) is 0.855. The van der Waals surface area contributed by atoms with Crippen LogP contribution in [0.2, 0.25) is 0 Å². The van der Waals surface area contributed by atoms with E-state index in [2.05, 4.69) is 21.9 Å². The van der Waals surface area contributed by atoms with Gasteiger partial charge in [0.05, 0.1) is 7.11 Å². The minimum atomic E-state index is -0.787. The fraction of sp³-hybridized carbons (Fsp3) is 0.500. The molecule has 0 bridgehead atoms. The molecule has 0 fully saturated rings. The van der Waals surface area contributed by atoms with Crippen LogP contribution in [0.15, 0.2) is 0 Å². The van der Waals surface area contributed by atoms with Crippen LogP contribution in [0, 0.1) is 11.8 Å². The summed E-state index contributed by atoms with van der Waals surface area (Å²) in [7, 11) is 1.26. The molecule has 0 aliphatic carbocycles. The van der Waals surface area contributed by atoms with Crippen LogP contribution >= 0.6 is 0 Å². The van der Waals surface area contributed by atoms with E-state index in [1.165, 1.54) is 7.11 Å². The van der Waals surface area contributed by atoms with Gasteiger partial charge in [-0.05, 0) is 0 Å². The third kappa shape index (κ3) is 1.99. The molecule has 1 aliphatic heterocycles. The Morgan fingerprint density at radius 3 is 3.17 bits per heavy atom. The van der Waals surface area contributed by atoms with E-state index in [1.54, 1.807) is 0 Å². The van der Waals surface area contributed by atoms with E-state index in [4.69, 9.17) is 0 Å². The molecule has 1 heterocycles. The van der Waals surface area contributed by atoms with Crippen LogP contribution in [0.4, 0.5) is 0 Å². The number of nitrogens with one attached hydrogen (secondary N) is 1. The Morgan fingerprint density at radius 1 is 1.75 bits per heavy atom. The first kappa shape index (κ1) is 8.60. The Kier molecular flexibility index (Phi) is 2.70. The van der Waals surface area contributed by atoms with Crippen LogP contribution in [-0.2, 0) is 14.3 Å². The third-order valence-electron chi connectivity index (χ3n) is 1.47. The second kappa shape index (κ2) is 3.77. The van der Waals surface area contributed by atoms with E-state index in [0.717, 1.165) is 0 Å². The van der Waals surface area contributed by atoms with Crippen molar-refractivity contribution in [3.8, 4) is 11.8 Å². The normalized spacial score (nSPS) is 21.4. The van der Waals surface area contributed by atoms with E-state index >= 15 is 0 Å². The van der Waals surface area contributed by atoms with Crippen LogP contribution in [-0.4, -0.2) is 25.0 Å². The van der Waals surface area contributed by atoms with Crippen molar-refractivity contribution in [1.29, 1.82) is 0 Å². The summed E-state index contributed by atoms with van der Waals surface area (Å²) in [6.07, 6.45) is 0.847. The van der Waals surface area contributed by atoms with E-state index < -0.39 is 12.0 Å². The zero-order chi connectivity index (χ0) is 8.97. The number of carbonyl (C=O) groups is 2. The first-order valence-electron chi connectivity index (χ1n) is 3.59. The Balaban J connectivity index is 2.66. The molecule has 4 heteroatoms. The maximum absolute atomic E-state index is 10.9. The van der Waals surface area contributed by atoms with Crippen LogP contribution in [0.1, 0.15) is 12.8 Å². The lowest BCUT2D eigenvalue weighted by Gasteiger charge is -2.07. The van der Waals surface area contributed by atoms with Gasteiger partial charge in [-0.1, -0.05) is 11.8 Å². The number of esters is 1. The summed E-state index contributed by atoms with van der Waals surface area (Å²) in [5.74, 6) is 4.62. The number of hydrogen-bond acceptors (Lipinski definition) is 3. The molecule has 0 radical (unpaired) electrons. The molecule has 0 aromatic heterocycles. The van der Waals surface area contributed by atoms with Crippen LogP contribution in [0.5, 0.6) is 0 Å². The molecule has 0 unspecified atom stereocenters. The predicted molar refractivity (Wildman–Crippen MR) is 41.0 cm³/mol. The molecule has 1 atom stereocenters. The molecular formula is C8H9NO3. The number of methoxy groups -OCH3 is 1. The van der Waals surface area contributed by atoms with E-state index in [1.807, 2.05) is 0 Å². The molecule has 1 amide bonds. The summed E-state index contributed by atoms with van der Waals surface area (Å²) < 4.78 is 4.44. The third-order valence-corrected chi connectivity index (χ3v) is 1.47. The highest BCUT2D eigenvalue weighted by atomic mass is 16.5. The quantitative estimate of drug-likeness (QED) is 0.421. The molecular weight excluding hydrogens is 158 g/mol. The van der Waals surface area contributed by atoms with Crippen molar-refractivity contribution in [2.45, 2.75) is 18.9 Å². The molecule has 64 valence electrons. The number of ether oxygens (including phenoxy) is 1. The number of carbonyl (C=O) groups excluding carboxylic acids is 2. The smallest absolute Gasteiger partial charge is 0.341 e. The van der Waals surface area contributed by atoms with Gasteiger partial charge in [-0.25, -0.2) is 4.79 Å². The first-order valence-corrected chi connectivity index (χ1v) is 3.59. The predicted octanol–water partition coefficient (Wildman–Crippen LogP) is -0.559. The minimum Gasteiger partial charge on any atom is -0.467 e. The van der Waals surface area contributed by atoms with Crippen molar-refractivity contribution in [3.05, 3.63) is 0 Å². The van der Waals surface area contributed by atoms with Crippen molar-refractivity contribution in [2.24, 2.45) is 0 Å². The molecule has 0 spiro atoms. The van der Waals surface area contributed by atoms with Gasteiger partial charge in [0, 0.05) is 12.8 Å². The molecule has 1 N–H and O–H groups in total. The zero-order valence-electron chi connectivity index (χ0n) is 6.72. The van der Waals surface area contributed by atoms with Gasteiger partial charge in [-0.2, -0.15) is 0 Å². The molecule has 4 nitrogen and oxygen atoms in total. The average molecular weight is 167 g/mol. The maximum atomic E-state index is 10.9. The molecule has 1 aliphatic rings. The topological polar surface area (TPSA) is 55.4 Å². The van der Waals surface area contributed by atoms with Crippen molar-refractivity contribution in [3.63, 3.8) is 0 Å². The van der Waals surface area contributed by atoms with Gasteiger partial charge < -0.3 is 10.1 Å². The molecule has 12 heavy (non-hydrogen) atoms. The number of rotatable bonds is 1. The van der Waals surface area contributed by atoms with Gasteiger partial charge in [0.2, 0.25) is 5.91 Å². The molecule has 0 saturated carbocycles.